The number of nitrogens with one attached hydrogen (secondary N) is 1. The van der Waals surface area contributed by atoms with E-state index in [1.54, 1.807) is 19.1 Å². The second-order valence-corrected chi connectivity index (χ2v) is 6.70. The van der Waals surface area contributed by atoms with E-state index in [0.717, 1.165) is 6.42 Å². The van der Waals surface area contributed by atoms with Crippen LogP contribution in [0.2, 0.25) is 0 Å². The molecule has 9 heteroatoms. The Morgan fingerprint density at radius 3 is 2.59 bits per heavy atom. The highest BCUT2D eigenvalue weighted by molar-refractivity contribution is 6.00. The summed E-state index contributed by atoms with van der Waals surface area (Å²) in [5.74, 6) is -0.559. The third kappa shape index (κ3) is 6.04. The molecule has 27 heavy (non-hydrogen) atoms. The van der Waals surface area contributed by atoms with Crippen LogP contribution < -0.4 is 20.7 Å². The molecule has 0 spiro atoms. The largest absolute Gasteiger partial charge is 0.435 e. The number of rotatable bonds is 7. The number of nitrogens with zero attached hydrogens (tertiary/aromatic N) is 1. The van der Waals surface area contributed by atoms with Crippen LogP contribution in [0.5, 0.6) is 5.75 Å². The third-order valence-corrected chi connectivity index (χ3v) is 4.41. The molecule has 0 aromatic heterocycles. The lowest BCUT2D eigenvalue weighted by Gasteiger charge is -2.34. The number of carbonyl (C=O) groups is 2. The lowest BCUT2D eigenvalue weighted by atomic mass is 9.95. The van der Waals surface area contributed by atoms with Crippen LogP contribution in [-0.2, 0) is 9.59 Å². The molecule has 2 unspecified atom stereocenters. The summed E-state index contributed by atoms with van der Waals surface area (Å²) in [6.07, 6.45) is 2.53. The number of nitrogens with two attached hydrogens (primary N) is 1. The molecule has 6 nitrogen and oxygen atoms in total. The van der Waals surface area contributed by atoms with Crippen molar-refractivity contribution < 1.29 is 23.1 Å². The summed E-state index contributed by atoms with van der Waals surface area (Å²) in [6, 6.07) is 5.21. The van der Waals surface area contributed by atoms with Crippen molar-refractivity contribution in [2.24, 2.45) is 5.73 Å². The second kappa shape index (κ2) is 9.85. The van der Waals surface area contributed by atoms with Gasteiger partial charge in [-0.1, -0.05) is 13.3 Å². The first kappa shape index (κ1) is 23.1. The molecule has 1 saturated heterocycles. The number of amides is 2. The van der Waals surface area contributed by atoms with E-state index in [0.29, 0.717) is 31.5 Å². The molecule has 3 N–H and O–H groups in total. The number of hydrogen-bond acceptors (Lipinski definition) is 4. The molecule has 1 aliphatic heterocycles. The monoisotopic (exact) mass is 405 g/mol. The molecule has 2 amide bonds. The number of hydrogen-bond donors (Lipinski definition) is 2. The van der Waals surface area contributed by atoms with Gasteiger partial charge in [0.2, 0.25) is 11.8 Å². The van der Waals surface area contributed by atoms with Crippen LogP contribution in [0.4, 0.5) is 14.5 Å². The number of carbonyl (C=O) groups excluding carboxylic acids is 2. The van der Waals surface area contributed by atoms with E-state index < -0.39 is 18.2 Å². The number of alkyl halides is 2. The summed E-state index contributed by atoms with van der Waals surface area (Å²) in [5, 5.41) is 2.75. The summed E-state index contributed by atoms with van der Waals surface area (Å²) in [7, 11) is 0. The van der Waals surface area contributed by atoms with Crippen LogP contribution >= 0.6 is 12.4 Å². The van der Waals surface area contributed by atoms with Gasteiger partial charge in [-0.3, -0.25) is 9.59 Å². The molecule has 1 heterocycles. The molecule has 2 atom stereocenters. The normalized spacial score (nSPS) is 19.3. The highest BCUT2D eigenvalue weighted by Gasteiger charge is 2.35. The van der Waals surface area contributed by atoms with E-state index in [9.17, 15) is 18.4 Å². The predicted octanol–water partition coefficient (Wildman–Crippen LogP) is 2.84. The zero-order valence-electron chi connectivity index (χ0n) is 15.4. The van der Waals surface area contributed by atoms with E-state index in [4.69, 9.17) is 5.73 Å². The number of halogens is 3. The summed E-state index contributed by atoms with van der Waals surface area (Å²) < 4.78 is 28.8. The van der Waals surface area contributed by atoms with Gasteiger partial charge >= 0.3 is 6.61 Å². The van der Waals surface area contributed by atoms with Crippen molar-refractivity contribution in [2.75, 3.05) is 11.4 Å². The van der Waals surface area contributed by atoms with E-state index in [1.807, 2.05) is 6.92 Å². The van der Waals surface area contributed by atoms with Gasteiger partial charge in [-0.15, -0.1) is 12.4 Å². The average molecular weight is 406 g/mol. The molecule has 0 bridgehead atoms. The fraction of sp³-hybridized carbons (Fsp3) is 0.556. The van der Waals surface area contributed by atoms with Gasteiger partial charge in [0.05, 0.1) is 5.54 Å². The third-order valence-electron chi connectivity index (χ3n) is 4.41. The van der Waals surface area contributed by atoms with Gasteiger partial charge in [0, 0.05) is 12.2 Å². The van der Waals surface area contributed by atoms with Crippen molar-refractivity contribution in [2.45, 2.75) is 57.7 Å². The molecule has 1 fully saturated rings. The maximum Gasteiger partial charge on any atom is 0.387 e. The van der Waals surface area contributed by atoms with Crippen molar-refractivity contribution in [3.63, 3.8) is 0 Å². The Labute approximate surface area is 163 Å². The molecule has 1 aliphatic rings. The average Bonchev–Trinajstić information content (AvgIpc) is 2.57. The second-order valence-electron chi connectivity index (χ2n) is 6.70. The quantitative estimate of drug-likeness (QED) is 0.730. The van der Waals surface area contributed by atoms with Gasteiger partial charge in [-0.25, -0.2) is 0 Å². The Bertz CT molecular complexity index is 641. The first-order valence-corrected chi connectivity index (χ1v) is 8.70. The summed E-state index contributed by atoms with van der Waals surface area (Å²) in [5.41, 5.74) is 5.57. The van der Waals surface area contributed by atoms with Crippen LogP contribution in [0.25, 0.3) is 0 Å². The van der Waals surface area contributed by atoms with Crippen molar-refractivity contribution in [3.05, 3.63) is 24.3 Å². The van der Waals surface area contributed by atoms with Crippen LogP contribution in [0.1, 0.15) is 39.5 Å². The van der Waals surface area contributed by atoms with Gasteiger partial charge < -0.3 is 20.7 Å². The number of ether oxygens (including phenoxy) is 1. The topological polar surface area (TPSA) is 84.7 Å². The maximum absolute atomic E-state index is 12.7. The molecule has 2 rings (SSSR count). The summed E-state index contributed by atoms with van der Waals surface area (Å²) >= 11 is 0. The van der Waals surface area contributed by atoms with Gasteiger partial charge in [0.15, 0.2) is 0 Å². The van der Waals surface area contributed by atoms with E-state index in [-0.39, 0.29) is 30.0 Å². The van der Waals surface area contributed by atoms with Gasteiger partial charge in [-0.2, -0.15) is 8.78 Å². The Morgan fingerprint density at radius 2 is 2.04 bits per heavy atom. The lowest BCUT2D eigenvalue weighted by molar-refractivity contribution is -0.131. The first-order valence-electron chi connectivity index (χ1n) is 8.70. The Morgan fingerprint density at radius 1 is 1.41 bits per heavy atom. The first-order chi connectivity index (χ1) is 12.2. The van der Waals surface area contributed by atoms with Gasteiger partial charge in [0.1, 0.15) is 11.8 Å². The summed E-state index contributed by atoms with van der Waals surface area (Å²) in [6.45, 7) is 1.19. The highest BCUT2D eigenvalue weighted by Crippen LogP contribution is 2.25. The van der Waals surface area contributed by atoms with E-state index >= 15 is 0 Å². The fourth-order valence-electron chi connectivity index (χ4n) is 3.03. The number of anilines is 1. The number of piperidine rings is 1. The van der Waals surface area contributed by atoms with E-state index in [2.05, 4.69) is 10.1 Å². The molecule has 0 radical (unpaired) electrons. The van der Waals surface area contributed by atoms with Gasteiger partial charge in [-0.05, 0) is 50.5 Å². The highest BCUT2D eigenvalue weighted by atomic mass is 35.5. The molecule has 0 aliphatic carbocycles. The molecule has 1 aromatic rings. The Balaban J connectivity index is 0.00000364. The zero-order valence-corrected chi connectivity index (χ0v) is 16.2. The van der Waals surface area contributed by atoms with Crippen molar-refractivity contribution in [1.82, 2.24) is 5.32 Å². The standard InChI is InChI=1S/C18H25F2N3O3.ClH/c1-3-10-18(2,21)16(25)22-14-5-4-11-23(15(14)24)12-6-8-13(9-7-12)26-17(19)20;/h6-9,14,17H,3-5,10-11,21H2,1-2H3,(H,22,25);1H. The Hall–Kier alpha value is -1.93. The minimum Gasteiger partial charge on any atom is -0.435 e. The zero-order chi connectivity index (χ0) is 19.3. The minimum absolute atomic E-state index is 0. The molecule has 1 aromatic carbocycles. The Kier molecular flexibility index (Phi) is 8.43. The minimum atomic E-state index is -2.90. The van der Waals surface area contributed by atoms with Crippen LogP contribution in [0.15, 0.2) is 24.3 Å². The van der Waals surface area contributed by atoms with Crippen molar-refractivity contribution in [1.29, 1.82) is 0 Å². The molecular formula is C18H26ClF2N3O3. The molecule has 0 saturated carbocycles. The SMILES string of the molecule is CCCC(C)(N)C(=O)NC1CCCN(c2ccc(OC(F)F)cc2)C1=O.Cl. The number of benzene rings is 1. The molecule has 152 valence electrons. The predicted molar refractivity (Wildman–Crippen MR) is 101 cm³/mol. The fourth-order valence-corrected chi connectivity index (χ4v) is 3.03. The van der Waals surface area contributed by atoms with Crippen molar-refractivity contribution >= 4 is 29.9 Å². The maximum atomic E-state index is 12.7. The summed E-state index contributed by atoms with van der Waals surface area (Å²) in [4.78, 5) is 26.6. The van der Waals surface area contributed by atoms with Crippen LogP contribution in [-0.4, -0.2) is 36.6 Å². The van der Waals surface area contributed by atoms with Gasteiger partial charge in [0.25, 0.3) is 0 Å². The van der Waals surface area contributed by atoms with Crippen LogP contribution in [0.3, 0.4) is 0 Å². The van der Waals surface area contributed by atoms with Crippen molar-refractivity contribution in [3.8, 4) is 5.75 Å². The molecular weight excluding hydrogens is 380 g/mol. The van der Waals surface area contributed by atoms with Crippen LogP contribution in [0, 0.1) is 0 Å². The smallest absolute Gasteiger partial charge is 0.387 e. The lowest BCUT2D eigenvalue weighted by Crippen LogP contribution is -2.59. The van der Waals surface area contributed by atoms with E-state index in [1.165, 1.54) is 17.0 Å².